The lowest BCUT2D eigenvalue weighted by Gasteiger charge is -2.24. The fourth-order valence-electron chi connectivity index (χ4n) is 3.39. The van der Waals surface area contributed by atoms with E-state index in [1.165, 1.54) is 5.56 Å². The number of carbonyl (C=O) groups excluding carboxylic acids is 1. The molecule has 0 saturated heterocycles. The van der Waals surface area contributed by atoms with Crippen molar-refractivity contribution in [3.63, 3.8) is 0 Å². The van der Waals surface area contributed by atoms with Gasteiger partial charge in [0.15, 0.2) is 0 Å². The normalized spacial score (nSPS) is 11.2. The Hall–Kier alpha value is -2.92. The number of carbonyl (C=O) groups is 1. The van der Waals surface area contributed by atoms with Crippen LogP contribution in [0.1, 0.15) is 47.8 Å². The molecule has 5 heteroatoms. The highest BCUT2D eigenvalue weighted by atomic mass is 16.1. The number of rotatable bonds is 9. The SMILES string of the molecule is CCN(Cc1ccc(C(=O)NCc2ccccc2Cn2cccn2)cc1)C(C)C. The second-order valence-corrected chi connectivity index (χ2v) is 7.51. The second-order valence-electron chi connectivity index (χ2n) is 7.51. The van der Waals surface area contributed by atoms with E-state index >= 15 is 0 Å². The average molecular weight is 391 g/mol. The summed E-state index contributed by atoms with van der Waals surface area (Å²) in [5, 5.41) is 7.31. The lowest BCUT2D eigenvalue weighted by molar-refractivity contribution is 0.0951. The first kappa shape index (κ1) is 20.8. The van der Waals surface area contributed by atoms with Crippen molar-refractivity contribution in [1.29, 1.82) is 0 Å². The molecule has 3 rings (SSSR count). The van der Waals surface area contributed by atoms with Crippen LogP contribution < -0.4 is 5.32 Å². The van der Waals surface area contributed by atoms with Crippen LogP contribution in [0.4, 0.5) is 0 Å². The molecule has 152 valence electrons. The van der Waals surface area contributed by atoms with Gasteiger partial charge in [-0.05, 0) is 55.3 Å². The molecular weight excluding hydrogens is 360 g/mol. The minimum Gasteiger partial charge on any atom is -0.348 e. The number of benzene rings is 2. The van der Waals surface area contributed by atoms with Crippen LogP contribution in [-0.2, 0) is 19.6 Å². The smallest absolute Gasteiger partial charge is 0.251 e. The number of hydrogen-bond donors (Lipinski definition) is 1. The summed E-state index contributed by atoms with van der Waals surface area (Å²) in [6.07, 6.45) is 3.71. The number of hydrogen-bond acceptors (Lipinski definition) is 3. The molecule has 0 saturated carbocycles. The molecule has 0 radical (unpaired) electrons. The summed E-state index contributed by atoms with van der Waals surface area (Å²) in [5.41, 5.74) is 4.16. The molecule has 2 aromatic carbocycles. The van der Waals surface area contributed by atoms with E-state index in [9.17, 15) is 4.79 Å². The van der Waals surface area contributed by atoms with Gasteiger partial charge in [-0.15, -0.1) is 0 Å². The first-order chi connectivity index (χ1) is 14.1. The summed E-state index contributed by atoms with van der Waals surface area (Å²) < 4.78 is 1.89. The zero-order chi connectivity index (χ0) is 20.6. The second kappa shape index (κ2) is 10.0. The number of amides is 1. The first-order valence-corrected chi connectivity index (χ1v) is 10.2. The molecule has 0 atom stereocenters. The first-order valence-electron chi connectivity index (χ1n) is 10.2. The molecule has 3 aromatic rings. The van der Waals surface area contributed by atoms with Crippen molar-refractivity contribution in [1.82, 2.24) is 20.0 Å². The van der Waals surface area contributed by atoms with Crippen LogP contribution in [0.2, 0.25) is 0 Å². The van der Waals surface area contributed by atoms with Crippen LogP contribution in [0.25, 0.3) is 0 Å². The van der Waals surface area contributed by atoms with Crippen molar-refractivity contribution in [2.24, 2.45) is 0 Å². The Balaban J connectivity index is 1.60. The van der Waals surface area contributed by atoms with Gasteiger partial charge in [-0.2, -0.15) is 5.10 Å². The number of nitrogens with one attached hydrogen (secondary N) is 1. The van der Waals surface area contributed by atoms with Gasteiger partial charge in [-0.1, -0.05) is 43.3 Å². The van der Waals surface area contributed by atoms with E-state index < -0.39 is 0 Å². The lowest BCUT2D eigenvalue weighted by atomic mass is 10.1. The van der Waals surface area contributed by atoms with Gasteiger partial charge in [0.25, 0.3) is 5.91 Å². The van der Waals surface area contributed by atoms with Crippen molar-refractivity contribution in [2.45, 2.75) is 46.4 Å². The van der Waals surface area contributed by atoms with Crippen LogP contribution >= 0.6 is 0 Å². The molecule has 0 bridgehead atoms. The molecule has 29 heavy (non-hydrogen) atoms. The molecule has 1 heterocycles. The predicted molar refractivity (Wildman–Crippen MR) is 117 cm³/mol. The molecule has 5 nitrogen and oxygen atoms in total. The van der Waals surface area contributed by atoms with E-state index in [1.54, 1.807) is 6.20 Å². The van der Waals surface area contributed by atoms with E-state index in [0.29, 0.717) is 24.7 Å². The highest BCUT2D eigenvalue weighted by molar-refractivity contribution is 5.94. The quantitative estimate of drug-likeness (QED) is 0.599. The van der Waals surface area contributed by atoms with E-state index in [4.69, 9.17) is 0 Å². The maximum absolute atomic E-state index is 12.6. The number of nitrogens with zero attached hydrogens (tertiary/aromatic N) is 3. The molecule has 1 amide bonds. The van der Waals surface area contributed by atoms with Gasteiger partial charge >= 0.3 is 0 Å². The Bertz CT molecular complexity index is 901. The Morgan fingerprint density at radius 3 is 2.41 bits per heavy atom. The minimum atomic E-state index is -0.0540. The zero-order valence-corrected chi connectivity index (χ0v) is 17.5. The van der Waals surface area contributed by atoms with Gasteiger partial charge in [0.05, 0.1) is 6.54 Å². The number of aromatic nitrogens is 2. The third-order valence-corrected chi connectivity index (χ3v) is 5.19. The maximum atomic E-state index is 12.6. The summed E-state index contributed by atoms with van der Waals surface area (Å²) in [6.45, 7) is 9.68. The molecule has 1 N–H and O–H groups in total. The Kier molecular flexibility index (Phi) is 7.19. The van der Waals surface area contributed by atoms with Crippen LogP contribution in [0.3, 0.4) is 0 Å². The van der Waals surface area contributed by atoms with Gasteiger partial charge in [0.2, 0.25) is 0 Å². The van der Waals surface area contributed by atoms with Gasteiger partial charge in [0, 0.05) is 37.1 Å². The highest BCUT2D eigenvalue weighted by Gasteiger charge is 2.10. The molecule has 0 aliphatic heterocycles. The van der Waals surface area contributed by atoms with Gasteiger partial charge in [-0.25, -0.2) is 0 Å². The molecule has 0 spiro atoms. The molecular formula is C24H30N4O. The monoisotopic (exact) mass is 390 g/mol. The maximum Gasteiger partial charge on any atom is 0.251 e. The molecule has 1 aromatic heterocycles. The van der Waals surface area contributed by atoms with Crippen LogP contribution in [0.15, 0.2) is 67.0 Å². The van der Waals surface area contributed by atoms with Crippen molar-refractivity contribution in [3.05, 3.63) is 89.2 Å². The summed E-state index contributed by atoms with van der Waals surface area (Å²) >= 11 is 0. The third-order valence-electron chi connectivity index (χ3n) is 5.19. The Labute approximate surface area is 173 Å². The van der Waals surface area contributed by atoms with E-state index in [0.717, 1.165) is 24.2 Å². The van der Waals surface area contributed by atoms with Crippen molar-refractivity contribution in [3.8, 4) is 0 Å². The van der Waals surface area contributed by atoms with Gasteiger partial charge in [-0.3, -0.25) is 14.4 Å². The van der Waals surface area contributed by atoms with E-state index in [2.05, 4.69) is 42.2 Å². The van der Waals surface area contributed by atoms with E-state index in [-0.39, 0.29) is 5.91 Å². The average Bonchev–Trinajstić information content (AvgIpc) is 3.24. The fraction of sp³-hybridized carbons (Fsp3) is 0.333. The third kappa shape index (κ3) is 5.78. The van der Waals surface area contributed by atoms with Crippen LogP contribution in [-0.4, -0.2) is 33.2 Å². The zero-order valence-electron chi connectivity index (χ0n) is 17.5. The lowest BCUT2D eigenvalue weighted by Crippen LogP contribution is -2.30. The standard InChI is InChI=1S/C24H30N4O/c1-4-27(19(2)3)17-20-10-12-21(13-11-20)24(29)25-16-22-8-5-6-9-23(22)18-28-15-7-14-26-28/h5-15,19H,4,16-18H2,1-3H3,(H,25,29). The summed E-state index contributed by atoms with van der Waals surface area (Å²) in [7, 11) is 0. The molecule has 0 aliphatic carbocycles. The summed E-state index contributed by atoms with van der Waals surface area (Å²) in [5.74, 6) is -0.0540. The Morgan fingerprint density at radius 1 is 1.07 bits per heavy atom. The molecule has 0 aliphatic rings. The summed E-state index contributed by atoms with van der Waals surface area (Å²) in [4.78, 5) is 15.0. The van der Waals surface area contributed by atoms with Crippen molar-refractivity contribution in [2.75, 3.05) is 6.54 Å². The van der Waals surface area contributed by atoms with Crippen LogP contribution in [0, 0.1) is 0 Å². The highest BCUT2D eigenvalue weighted by Crippen LogP contribution is 2.12. The van der Waals surface area contributed by atoms with Crippen molar-refractivity contribution < 1.29 is 4.79 Å². The minimum absolute atomic E-state index is 0.0540. The summed E-state index contributed by atoms with van der Waals surface area (Å²) in [6, 6.07) is 18.5. The molecule has 0 unspecified atom stereocenters. The Morgan fingerprint density at radius 2 is 1.79 bits per heavy atom. The topological polar surface area (TPSA) is 50.2 Å². The fourth-order valence-corrected chi connectivity index (χ4v) is 3.39. The van der Waals surface area contributed by atoms with Crippen LogP contribution in [0.5, 0.6) is 0 Å². The van der Waals surface area contributed by atoms with Gasteiger partial charge in [0.1, 0.15) is 0 Å². The van der Waals surface area contributed by atoms with Gasteiger partial charge < -0.3 is 5.32 Å². The largest absolute Gasteiger partial charge is 0.348 e. The van der Waals surface area contributed by atoms with E-state index in [1.807, 2.05) is 59.4 Å². The van der Waals surface area contributed by atoms with Crippen molar-refractivity contribution >= 4 is 5.91 Å². The molecule has 0 fully saturated rings. The predicted octanol–water partition coefficient (Wildman–Crippen LogP) is 4.09.